The summed E-state index contributed by atoms with van der Waals surface area (Å²) < 4.78 is 23.3. The smallest absolute Gasteiger partial charge is 0.381 e. The van der Waals surface area contributed by atoms with Crippen LogP contribution in [0.1, 0.15) is 79.1 Å². The number of rotatable bonds is 18. The van der Waals surface area contributed by atoms with E-state index in [0.29, 0.717) is 19.8 Å². The van der Waals surface area contributed by atoms with Gasteiger partial charge in [-0.3, -0.25) is 0 Å². The second kappa shape index (κ2) is 16.9. The molecule has 5 heteroatoms. The second-order valence-corrected chi connectivity index (χ2v) is 8.55. The molecule has 23 heavy (non-hydrogen) atoms. The molecule has 0 radical (unpaired) electrons. The summed E-state index contributed by atoms with van der Waals surface area (Å²) in [6.45, 7) is 12.1. The summed E-state index contributed by atoms with van der Waals surface area (Å²) in [5.41, 5.74) is 0. The minimum absolute atomic E-state index is 0.665. The van der Waals surface area contributed by atoms with Crippen molar-refractivity contribution in [1.82, 2.24) is 0 Å². The van der Waals surface area contributed by atoms with Crippen LogP contribution in [-0.4, -0.2) is 41.8 Å². The van der Waals surface area contributed by atoms with Crippen molar-refractivity contribution in [3.05, 3.63) is 0 Å². The molecule has 0 fully saturated rings. The number of ether oxygens (including phenoxy) is 1. The lowest BCUT2D eigenvalue weighted by atomic mass is 10.2. The molecule has 0 N–H and O–H groups in total. The summed E-state index contributed by atoms with van der Waals surface area (Å²) in [4.78, 5) is 0. The Labute approximate surface area is 145 Å². The molecule has 0 saturated carbocycles. The van der Waals surface area contributed by atoms with E-state index in [-0.39, 0.29) is 0 Å². The van der Waals surface area contributed by atoms with Crippen LogP contribution in [-0.2, 0) is 18.0 Å². The molecular formula is C18H40O4Si. The fraction of sp³-hybridized carbons (Fsp3) is 1.00. The van der Waals surface area contributed by atoms with Gasteiger partial charge in [-0.25, -0.2) is 0 Å². The van der Waals surface area contributed by atoms with Crippen molar-refractivity contribution >= 4 is 8.80 Å². The highest BCUT2D eigenvalue weighted by atomic mass is 28.4. The summed E-state index contributed by atoms with van der Waals surface area (Å²) in [7, 11) is -2.42. The molecule has 0 aromatic carbocycles. The van der Waals surface area contributed by atoms with E-state index in [0.717, 1.165) is 32.1 Å². The number of hydrogen-bond donors (Lipinski definition) is 0. The Morgan fingerprint density at radius 2 is 1.04 bits per heavy atom. The van der Waals surface area contributed by atoms with Crippen molar-refractivity contribution in [2.45, 2.75) is 85.1 Å². The highest BCUT2D eigenvalue weighted by Gasteiger charge is 2.39. The fourth-order valence-electron chi connectivity index (χ4n) is 2.63. The maximum Gasteiger partial charge on any atom is 0.500 e. The zero-order valence-electron chi connectivity index (χ0n) is 16.0. The van der Waals surface area contributed by atoms with Gasteiger partial charge in [0.1, 0.15) is 0 Å². The molecule has 0 aliphatic heterocycles. The van der Waals surface area contributed by atoms with E-state index in [1.165, 1.54) is 38.5 Å². The SMILES string of the molecule is CCCCCCOCCCCCC[Si](OCC)(OCC)OCC. The van der Waals surface area contributed by atoms with Crippen molar-refractivity contribution in [2.24, 2.45) is 0 Å². The molecule has 0 spiro atoms. The van der Waals surface area contributed by atoms with Crippen LogP contribution in [0.15, 0.2) is 0 Å². The Morgan fingerprint density at radius 3 is 1.52 bits per heavy atom. The predicted molar refractivity (Wildman–Crippen MR) is 98.9 cm³/mol. The van der Waals surface area contributed by atoms with Gasteiger partial charge in [-0.15, -0.1) is 0 Å². The second-order valence-electron chi connectivity index (χ2n) is 5.82. The van der Waals surface area contributed by atoms with Crippen molar-refractivity contribution in [1.29, 1.82) is 0 Å². The molecule has 0 aromatic heterocycles. The molecular weight excluding hydrogens is 308 g/mol. The first-order valence-corrected chi connectivity index (χ1v) is 11.7. The van der Waals surface area contributed by atoms with Crippen molar-refractivity contribution in [2.75, 3.05) is 33.0 Å². The number of unbranched alkanes of at least 4 members (excludes halogenated alkanes) is 6. The molecule has 0 aliphatic rings. The Balaban J connectivity index is 3.65. The first-order chi connectivity index (χ1) is 11.2. The summed E-state index contributed by atoms with van der Waals surface area (Å²) in [5.74, 6) is 0. The van der Waals surface area contributed by atoms with Crippen molar-refractivity contribution < 1.29 is 18.0 Å². The van der Waals surface area contributed by atoms with Crippen LogP contribution in [0.4, 0.5) is 0 Å². The van der Waals surface area contributed by atoms with Gasteiger partial charge < -0.3 is 18.0 Å². The normalized spacial score (nSPS) is 12.0. The summed E-state index contributed by atoms with van der Waals surface area (Å²) in [5, 5.41) is 0. The highest BCUT2D eigenvalue weighted by Crippen LogP contribution is 2.20. The third-order valence-electron chi connectivity index (χ3n) is 3.76. The monoisotopic (exact) mass is 348 g/mol. The van der Waals surface area contributed by atoms with Gasteiger partial charge in [-0.2, -0.15) is 0 Å². The molecule has 0 heterocycles. The van der Waals surface area contributed by atoms with E-state index in [1.54, 1.807) is 0 Å². The molecule has 0 aromatic rings. The summed E-state index contributed by atoms with van der Waals surface area (Å²) in [6.07, 6.45) is 9.80. The minimum atomic E-state index is -2.42. The van der Waals surface area contributed by atoms with Crippen LogP contribution in [0, 0.1) is 0 Å². The average Bonchev–Trinajstić information content (AvgIpc) is 2.53. The topological polar surface area (TPSA) is 36.9 Å². The largest absolute Gasteiger partial charge is 0.500 e. The van der Waals surface area contributed by atoms with Gasteiger partial charge >= 0.3 is 8.80 Å². The molecule has 0 rings (SSSR count). The Morgan fingerprint density at radius 1 is 0.565 bits per heavy atom. The lowest BCUT2D eigenvalue weighted by Gasteiger charge is -2.28. The third kappa shape index (κ3) is 13.1. The fourth-order valence-corrected chi connectivity index (χ4v) is 5.32. The molecule has 0 saturated heterocycles. The molecule has 0 bridgehead atoms. The van der Waals surface area contributed by atoms with Gasteiger partial charge in [0.05, 0.1) is 0 Å². The molecule has 0 atom stereocenters. The Hall–Kier alpha value is 0.0569. The molecule has 4 nitrogen and oxygen atoms in total. The van der Waals surface area contributed by atoms with E-state index >= 15 is 0 Å². The Kier molecular flexibility index (Phi) is 16.9. The van der Waals surface area contributed by atoms with E-state index < -0.39 is 8.80 Å². The van der Waals surface area contributed by atoms with Crippen molar-refractivity contribution in [3.63, 3.8) is 0 Å². The zero-order valence-corrected chi connectivity index (χ0v) is 17.0. The molecule has 0 amide bonds. The van der Waals surface area contributed by atoms with Crippen molar-refractivity contribution in [3.8, 4) is 0 Å². The van der Waals surface area contributed by atoms with Gasteiger partial charge in [-0.1, -0.05) is 39.0 Å². The third-order valence-corrected chi connectivity index (χ3v) is 6.91. The zero-order chi connectivity index (χ0) is 17.2. The van der Waals surface area contributed by atoms with E-state index in [9.17, 15) is 0 Å². The molecule has 0 aliphatic carbocycles. The molecule has 140 valence electrons. The highest BCUT2D eigenvalue weighted by molar-refractivity contribution is 6.60. The average molecular weight is 349 g/mol. The van der Waals surface area contributed by atoms with Crippen LogP contribution in [0.5, 0.6) is 0 Å². The number of hydrogen-bond acceptors (Lipinski definition) is 4. The van der Waals surface area contributed by atoms with Gasteiger partial charge in [-0.05, 0) is 40.0 Å². The van der Waals surface area contributed by atoms with Gasteiger partial charge in [0.15, 0.2) is 0 Å². The van der Waals surface area contributed by atoms with Gasteiger partial charge in [0.2, 0.25) is 0 Å². The maximum absolute atomic E-state index is 5.87. The minimum Gasteiger partial charge on any atom is -0.381 e. The van der Waals surface area contributed by atoms with Crippen LogP contribution in [0.25, 0.3) is 0 Å². The van der Waals surface area contributed by atoms with Crippen LogP contribution < -0.4 is 0 Å². The van der Waals surface area contributed by atoms with E-state index in [1.807, 2.05) is 20.8 Å². The van der Waals surface area contributed by atoms with Gasteiger partial charge in [0.25, 0.3) is 0 Å². The lowest BCUT2D eigenvalue weighted by molar-refractivity contribution is 0.0705. The van der Waals surface area contributed by atoms with E-state index in [2.05, 4.69) is 6.92 Å². The van der Waals surface area contributed by atoms with E-state index in [4.69, 9.17) is 18.0 Å². The van der Waals surface area contributed by atoms with Gasteiger partial charge in [0, 0.05) is 39.1 Å². The standard InChI is InChI=1S/C18H40O4Si/c1-5-9-10-13-16-19-17-14-11-12-15-18-23(20-6-2,21-7-3)22-8-4/h5-18H2,1-4H3. The lowest BCUT2D eigenvalue weighted by Crippen LogP contribution is -2.45. The van der Waals surface area contributed by atoms with Crippen LogP contribution in [0.2, 0.25) is 6.04 Å². The quantitative estimate of drug-likeness (QED) is 0.252. The summed E-state index contributed by atoms with van der Waals surface area (Å²) >= 11 is 0. The predicted octanol–water partition coefficient (Wildman–Crippen LogP) is 5.19. The summed E-state index contributed by atoms with van der Waals surface area (Å²) in [6, 6.07) is 0.931. The Bertz CT molecular complexity index is 222. The molecule has 0 unspecified atom stereocenters. The van der Waals surface area contributed by atoms with Crippen LogP contribution >= 0.6 is 0 Å². The van der Waals surface area contributed by atoms with Crippen LogP contribution in [0.3, 0.4) is 0 Å². The first-order valence-electron chi connectivity index (χ1n) is 9.74. The maximum atomic E-state index is 5.87. The first kappa shape index (κ1) is 23.1.